The first-order valence-electron chi connectivity index (χ1n) is 8.92. The summed E-state index contributed by atoms with van der Waals surface area (Å²) in [6, 6.07) is 0.710. The molecule has 0 spiro atoms. The molecule has 2 rings (SSSR count). The Bertz CT molecular complexity index is 257. The van der Waals surface area contributed by atoms with Crippen LogP contribution >= 0.6 is 0 Å². The molecule has 1 aliphatic heterocycles. The van der Waals surface area contributed by atoms with Crippen molar-refractivity contribution < 1.29 is 9.47 Å². The molecule has 0 aromatic rings. The number of nitrogens with zero attached hydrogens (tertiary/aromatic N) is 1. The van der Waals surface area contributed by atoms with Gasteiger partial charge in [-0.3, -0.25) is 4.90 Å². The Hall–Kier alpha value is -0.160. The third kappa shape index (κ3) is 6.64. The lowest BCUT2D eigenvalue weighted by Crippen LogP contribution is -2.44. The lowest BCUT2D eigenvalue weighted by Gasteiger charge is -2.32. The number of hydrogen-bond acceptors (Lipinski definition) is 4. The van der Waals surface area contributed by atoms with Crippen LogP contribution in [0.1, 0.15) is 44.9 Å². The summed E-state index contributed by atoms with van der Waals surface area (Å²) in [7, 11) is 1.75. The minimum absolute atomic E-state index is 0.710. The van der Waals surface area contributed by atoms with Gasteiger partial charge in [-0.25, -0.2) is 0 Å². The van der Waals surface area contributed by atoms with Crippen molar-refractivity contribution in [3.8, 4) is 0 Å². The highest BCUT2D eigenvalue weighted by Crippen LogP contribution is 2.27. The van der Waals surface area contributed by atoms with Gasteiger partial charge in [-0.1, -0.05) is 19.3 Å². The van der Waals surface area contributed by atoms with Crippen molar-refractivity contribution in [3.63, 3.8) is 0 Å². The van der Waals surface area contributed by atoms with Gasteiger partial charge in [0.25, 0.3) is 0 Å². The molecule has 0 bridgehead atoms. The van der Waals surface area contributed by atoms with E-state index in [4.69, 9.17) is 9.47 Å². The van der Waals surface area contributed by atoms with E-state index in [0.717, 1.165) is 38.7 Å². The van der Waals surface area contributed by atoms with Crippen LogP contribution < -0.4 is 5.32 Å². The maximum absolute atomic E-state index is 5.72. The van der Waals surface area contributed by atoms with E-state index in [9.17, 15) is 0 Å². The van der Waals surface area contributed by atoms with Crippen LogP contribution in [0.15, 0.2) is 0 Å². The van der Waals surface area contributed by atoms with Crippen LogP contribution in [-0.4, -0.2) is 64.1 Å². The molecule has 0 radical (unpaired) electrons. The Morgan fingerprint density at radius 3 is 2.71 bits per heavy atom. The van der Waals surface area contributed by atoms with E-state index in [-0.39, 0.29) is 0 Å². The fourth-order valence-corrected chi connectivity index (χ4v) is 3.68. The summed E-state index contributed by atoms with van der Waals surface area (Å²) >= 11 is 0. The third-order valence-corrected chi connectivity index (χ3v) is 4.92. The standard InChI is InChI=1S/C17H34N2O2/c1-20-12-6-13-21-14-11-19-10-5-9-18-17(15-19)16-7-3-2-4-8-16/h16-18H,2-15H2,1H3. The van der Waals surface area contributed by atoms with Gasteiger partial charge in [0, 0.05) is 39.5 Å². The number of methoxy groups -OCH3 is 1. The van der Waals surface area contributed by atoms with Gasteiger partial charge in [0.15, 0.2) is 0 Å². The fraction of sp³-hybridized carbons (Fsp3) is 1.00. The number of ether oxygens (including phenoxy) is 2. The zero-order chi connectivity index (χ0) is 14.8. The van der Waals surface area contributed by atoms with E-state index < -0.39 is 0 Å². The topological polar surface area (TPSA) is 33.7 Å². The van der Waals surface area contributed by atoms with Crippen molar-refractivity contribution in [2.45, 2.75) is 51.0 Å². The van der Waals surface area contributed by atoms with Crippen molar-refractivity contribution in [1.82, 2.24) is 10.2 Å². The average Bonchev–Trinajstić information content (AvgIpc) is 2.77. The van der Waals surface area contributed by atoms with Gasteiger partial charge in [0.05, 0.1) is 6.61 Å². The molecule has 21 heavy (non-hydrogen) atoms. The number of hydrogen-bond donors (Lipinski definition) is 1. The molecule has 4 nitrogen and oxygen atoms in total. The minimum atomic E-state index is 0.710. The van der Waals surface area contributed by atoms with Gasteiger partial charge < -0.3 is 14.8 Å². The van der Waals surface area contributed by atoms with E-state index in [2.05, 4.69) is 10.2 Å². The number of nitrogens with one attached hydrogen (secondary N) is 1. The molecule has 124 valence electrons. The Morgan fingerprint density at radius 2 is 1.90 bits per heavy atom. The van der Waals surface area contributed by atoms with Gasteiger partial charge in [0.1, 0.15) is 0 Å². The van der Waals surface area contributed by atoms with Crippen LogP contribution in [0.25, 0.3) is 0 Å². The molecule has 1 saturated carbocycles. The lowest BCUT2D eigenvalue weighted by molar-refractivity contribution is 0.0808. The molecular weight excluding hydrogens is 264 g/mol. The fourth-order valence-electron chi connectivity index (χ4n) is 3.68. The SMILES string of the molecule is COCCCOCCN1CCCNC(C2CCCCC2)C1. The lowest BCUT2D eigenvalue weighted by atomic mass is 9.83. The second-order valence-electron chi connectivity index (χ2n) is 6.57. The molecule has 4 heteroatoms. The van der Waals surface area contributed by atoms with Crippen molar-refractivity contribution in [1.29, 1.82) is 0 Å². The summed E-state index contributed by atoms with van der Waals surface area (Å²) in [5, 5.41) is 3.80. The predicted molar refractivity (Wildman–Crippen MR) is 86.7 cm³/mol. The molecule has 1 unspecified atom stereocenters. The first kappa shape index (κ1) is 17.2. The molecule has 0 amide bonds. The Kier molecular flexibility index (Phi) is 8.64. The van der Waals surface area contributed by atoms with Gasteiger partial charge in [-0.2, -0.15) is 0 Å². The van der Waals surface area contributed by atoms with Gasteiger partial charge in [0.2, 0.25) is 0 Å². The molecule has 1 atom stereocenters. The highest BCUT2D eigenvalue weighted by molar-refractivity contribution is 4.84. The molecule has 1 aliphatic carbocycles. The molecule has 2 aliphatic rings. The minimum Gasteiger partial charge on any atom is -0.385 e. The van der Waals surface area contributed by atoms with Crippen molar-refractivity contribution in [2.75, 3.05) is 53.1 Å². The molecule has 1 N–H and O–H groups in total. The van der Waals surface area contributed by atoms with E-state index >= 15 is 0 Å². The highest BCUT2D eigenvalue weighted by Gasteiger charge is 2.26. The molecular formula is C17H34N2O2. The molecule has 1 heterocycles. The Morgan fingerprint density at radius 1 is 1.05 bits per heavy atom. The predicted octanol–water partition coefficient (Wildman–Crippen LogP) is 2.28. The third-order valence-electron chi connectivity index (χ3n) is 4.92. The van der Waals surface area contributed by atoms with Crippen LogP contribution in [0.4, 0.5) is 0 Å². The van der Waals surface area contributed by atoms with Crippen LogP contribution in [0.5, 0.6) is 0 Å². The first-order valence-corrected chi connectivity index (χ1v) is 8.92. The molecule has 2 fully saturated rings. The molecule has 0 aromatic carbocycles. The van der Waals surface area contributed by atoms with Crippen LogP contribution in [0.3, 0.4) is 0 Å². The average molecular weight is 298 g/mol. The van der Waals surface area contributed by atoms with E-state index in [1.54, 1.807) is 7.11 Å². The molecule has 1 saturated heterocycles. The first-order chi connectivity index (χ1) is 10.4. The monoisotopic (exact) mass is 298 g/mol. The van der Waals surface area contributed by atoms with Gasteiger partial charge in [-0.15, -0.1) is 0 Å². The smallest absolute Gasteiger partial charge is 0.0593 e. The van der Waals surface area contributed by atoms with Gasteiger partial charge in [-0.05, 0) is 44.7 Å². The van der Waals surface area contributed by atoms with Gasteiger partial charge >= 0.3 is 0 Å². The van der Waals surface area contributed by atoms with E-state index in [1.807, 2.05) is 0 Å². The van der Waals surface area contributed by atoms with E-state index in [1.165, 1.54) is 58.2 Å². The number of rotatable bonds is 8. The Labute approximate surface area is 130 Å². The zero-order valence-electron chi connectivity index (χ0n) is 13.8. The van der Waals surface area contributed by atoms with Crippen LogP contribution in [0, 0.1) is 5.92 Å². The van der Waals surface area contributed by atoms with Crippen LogP contribution in [0.2, 0.25) is 0 Å². The maximum Gasteiger partial charge on any atom is 0.0593 e. The van der Waals surface area contributed by atoms with Crippen molar-refractivity contribution in [2.24, 2.45) is 5.92 Å². The van der Waals surface area contributed by atoms with E-state index in [0.29, 0.717) is 6.04 Å². The summed E-state index contributed by atoms with van der Waals surface area (Å²) in [6.07, 6.45) is 9.45. The molecule has 0 aromatic heterocycles. The normalized spacial score (nSPS) is 25.9. The zero-order valence-corrected chi connectivity index (χ0v) is 13.8. The Balaban J connectivity index is 1.64. The largest absolute Gasteiger partial charge is 0.385 e. The highest BCUT2D eigenvalue weighted by atomic mass is 16.5. The summed E-state index contributed by atoms with van der Waals surface area (Å²) < 4.78 is 10.8. The summed E-state index contributed by atoms with van der Waals surface area (Å²) in [5.74, 6) is 0.905. The maximum atomic E-state index is 5.72. The summed E-state index contributed by atoms with van der Waals surface area (Å²) in [6.45, 7) is 7.19. The summed E-state index contributed by atoms with van der Waals surface area (Å²) in [4.78, 5) is 2.61. The van der Waals surface area contributed by atoms with Crippen molar-refractivity contribution >= 4 is 0 Å². The second-order valence-corrected chi connectivity index (χ2v) is 6.57. The van der Waals surface area contributed by atoms with Crippen LogP contribution in [-0.2, 0) is 9.47 Å². The second kappa shape index (κ2) is 10.5. The van der Waals surface area contributed by atoms with Crippen molar-refractivity contribution in [3.05, 3.63) is 0 Å². The quantitative estimate of drug-likeness (QED) is 0.697. The summed E-state index contributed by atoms with van der Waals surface area (Å²) in [5.41, 5.74) is 0.